The Kier molecular flexibility index (Phi) is 7.22. The highest BCUT2D eigenvalue weighted by molar-refractivity contribution is 7.96. The number of nitrogens with zero attached hydrogens (tertiary/aromatic N) is 4. The third kappa shape index (κ3) is 4.17. The van der Waals surface area contributed by atoms with Gasteiger partial charge in [-0.2, -0.15) is 0 Å². The molecule has 25 heavy (non-hydrogen) atoms. The van der Waals surface area contributed by atoms with E-state index in [0.29, 0.717) is 23.5 Å². The largest absolute Gasteiger partial charge is 1.00 e. The van der Waals surface area contributed by atoms with Crippen molar-refractivity contribution in [2.24, 2.45) is 5.73 Å². The Hall–Kier alpha value is -0.730. The van der Waals surface area contributed by atoms with Gasteiger partial charge in [-0.25, -0.2) is 15.0 Å². The van der Waals surface area contributed by atoms with Gasteiger partial charge in [-0.3, -0.25) is 4.57 Å². The molecule has 3 rings (SSSR count). The van der Waals surface area contributed by atoms with Gasteiger partial charge in [0.2, 0.25) is 0 Å². The summed E-state index contributed by atoms with van der Waals surface area (Å²) < 4.78 is 7.52. The van der Waals surface area contributed by atoms with Crippen LogP contribution in [0.2, 0.25) is 0 Å². The lowest BCUT2D eigenvalue weighted by Gasteiger charge is -2.16. The van der Waals surface area contributed by atoms with Gasteiger partial charge >= 0.3 is 0 Å². The molecule has 2 aromatic heterocycles. The number of rotatable bonds is 6. The van der Waals surface area contributed by atoms with E-state index in [-0.39, 0.29) is 40.7 Å². The molecule has 0 saturated carbocycles. The molecule has 0 spiro atoms. The van der Waals surface area contributed by atoms with Crippen molar-refractivity contribution in [2.75, 3.05) is 30.0 Å². The molecule has 5 atom stereocenters. The Balaban J connectivity index is 0.00000225. The fourth-order valence-electron chi connectivity index (χ4n) is 2.85. The first-order valence-corrected chi connectivity index (χ1v) is 9.74. The highest BCUT2D eigenvalue weighted by atomic mass is 127. The summed E-state index contributed by atoms with van der Waals surface area (Å²) in [6.07, 6.45) is 2.68. The number of imidazole rings is 1. The number of nitrogen functional groups attached to an aromatic ring is 1. The average molecular weight is 482 g/mol. The van der Waals surface area contributed by atoms with E-state index in [1.807, 2.05) is 0 Å². The second kappa shape index (κ2) is 8.77. The zero-order valence-electron chi connectivity index (χ0n) is 13.8. The Labute approximate surface area is 165 Å². The molecule has 0 aliphatic carbocycles. The van der Waals surface area contributed by atoms with Crippen molar-refractivity contribution in [2.45, 2.75) is 31.0 Å². The van der Waals surface area contributed by atoms with Crippen molar-refractivity contribution in [3.8, 4) is 0 Å². The predicted molar refractivity (Wildman–Crippen MR) is 92.4 cm³/mol. The normalized spacial score (nSPS) is 27.4. The van der Waals surface area contributed by atoms with Crippen molar-refractivity contribution < 1.29 is 38.9 Å². The first kappa shape index (κ1) is 20.6. The highest BCUT2D eigenvalue weighted by Crippen LogP contribution is 2.32. The van der Waals surface area contributed by atoms with Crippen molar-refractivity contribution in [3.63, 3.8) is 0 Å². The van der Waals surface area contributed by atoms with Gasteiger partial charge in [0, 0.05) is 6.42 Å². The number of nitrogens with two attached hydrogens (primary N) is 2. The summed E-state index contributed by atoms with van der Waals surface area (Å²) in [6, 6.07) is 0. The molecule has 1 saturated heterocycles. The minimum atomic E-state index is -1.06. The number of hydrogen-bond donors (Lipinski definition) is 4. The molecule has 1 aliphatic heterocycles. The van der Waals surface area contributed by atoms with Crippen LogP contribution < -0.4 is 35.4 Å². The molecule has 1 fully saturated rings. The quantitative estimate of drug-likeness (QED) is 0.239. The van der Waals surface area contributed by atoms with E-state index >= 15 is 0 Å². The zero-order valence-corrected chi connectivity index (χ0v) is 16.8. The van der Waals surface area contributed by atoms with Crippen LogP contribution in [0, 0.1) is 0 Å². The second-order valence-corrected chi connectivity index (χ2v) is 8.23. The topological polar surface area (TPSA) is 145 Å². The minimum Gasteiger partial charge on any atom is -1.00 e. The van der Waals surface area contributed by atoms with Crippen molar-refractivity contribution >= 4 is 27.9 Å². The molecule has 2 aromatic rings. The fourth-order valence-corrected chi connectivity index (χ4v) is 4.51. The fraction of sp³-hybridized carbons (Fsp3) is 0.643. The summed E-state index contributed by atoms with van der Waals surface area (Å²) in [5, 5.41) is 20.7. The van der Waals surface area contributed by atoms with Crippen LogP contribution in [0.25, 0.3) is 11.2 Å². The van der Waals surface area contributed by atoms with Crippen LogP contribution in [0.1, 0.15) is 12.6 Å². The SMILES string of the molecule is C[S+](CCCN)C[C@H]1O[C@@H](n2cnc3c(N)ncnc32)[C@H](O)[C@@H]1O.[I-]. The van der Waals surface area contributed by atoms with Gasteiger partial charge in [0.15, 0.2) is 17.7 Å². The lowest BCUT2D eigenvalue weighted by Crippen LogP contribution is -3.00. The molecule has 11 heteroatoms. The molecule has 1 unspecified atom stereocenters. The van der Waals surface area contributed by atoms with E-state index in [4.69, 9.17) is 16.2 Å². The average Bonchev–Trinajstić information content (AvgIpc) is 3.10. The van der Waals surface area contributed by atoms with Gasteiger partial charge in [0.1, 0.15) is 41.7 Å². The molecule has 3 heterocycles. The summed E-state index contributed by atoms with van der Waals surface area (Å²) >= 11 is 0. The number of aliphatic hydroxyl groups is 2. The number of hydrogen-bond acceptors (Lipinski definition) is 8. The summed E-state index contributed by atoms with van der Waals surface area (Å²) in [5.74, 6) is 1.93. The number of aliphatic hydroxyl groups excluding tert-OH is 2. The molecule has 0 radical (unpaired) electrons. The summed E-state index contributed by atoms with van der Waals surface area (Å²) in [7, 11) is 0.0655. The maximum atomic E-state index is 10.4. The highest BCUT2D eigenvalue weighted by Gasteiger charge is 2.46. The van der Waals surface area contributed by atoms with Crippen LogP contribution in [0.5, 0.6) is 0 Å². The second-order valence-electron chi connectivity index (χ2n) is 5.92. The number of aromatic nitrogens is 4. The summed E-state index contributed by atoms with van der Waals surface area (Å²) in [4.78, 5) is 12.2. The van der Waals surface area contributed by atoms with E-state index < -0.39 is 24.5 Å². The lowest BCUT2D eigenvalue weighted by molar-refractivity contribution is -0.0290. The molecule has 1 aliphatic rings. The molecular formula is C14H23IN6O3S. The number of ether oxygens (including phenoxy) is 1. The van der Waals surface area contributed by atoms with E-state index in [1.165, 1.54) is 12.7 Å². The maximum absolute atomic E-state index is 10.4. The number of anilines is 1. The van der Waals surface area contributed by atoms with Crippen LogP contribution in [-0.2, 0) is 15.6 Å². The van der Waals surface area contributed by atoms with Gasteiger partial charge in [-0.15, -0.1) is 0 Å². The maximum Gasteiger partial charge on any atom is 0.167 e. The Morgan fingerprint density at radius 2 is 2.04 bits per heavy atom. The van der Waals surface area contributed by atoms with Crippen LogP contribution >= 0.6 is 0 Å². The third-order valence-electron chi connectivity index (χ3n) is 4.14. The lowest BCUT2D eigenvalue weighted by atomic mass is 10.1. The Morgan fingerprint density at radius 1 is 1.28 bits per heavy atom. The molecule has 9 nitrogen and oxygen atoms in total. The predicted octanol–water partition coefficient (Wildman–Crippen LogP) is -4.37. The van der Waals surface area contributed by atoms with E-state index in [1.54, 1.807) is 4.57 Å². The van der Waals surface area contributed by atoms with Gasteiger partial charge in [0.25, 0.3) is 0 Å². The first-order valence-electron chi connectivity index (χ1n) is 7.76. The molecule has 6 N–H and O–H groups in total. The summed E-state index contributed by atoms with van der Waals surface area (Å²) in [6.45, 7) is 0.652. The molecule has 140 valence electrons. The van der Waals surface area contributed by atoms with Gasteiger partial charge in [0.05, 0.1) is 12.6 Å². The van der Waals surface area contributed by atoms with Crippen molar-refractivity contribution in [1.29, 1.82) is 0 Å². The third-order valence-corrected chi connectivity index (χ3v) is 6.03. The first-order chi connectivity index (χ1) is 11.5. The minimum absolute atomic E-state index is 0. The van der Waals surface area contributed by atoms with E-state index in [2.05, 4.69) is 21.2 Å². The smallest absolute Gasteiger partial charge is 0.167 e. The van der Waals surface area contributed by atoms with Gasteiger partial charge in [-0.05, 0) is 17.4 Å². The van der Waals surface area contributed by atoms with Crippen LogP contribution in [0.4, 0.5) is 5.82 Å². The monoisotopic (exact) mass is 482 g/mol. The Bertz CT molecular complexity index is 704. The standard InChI is InChI=1S/C14H23N6O3S.HI/c1-24(4-2-3-15)5-8-10(21)11(22)14(23-8)20-7-19-9-12(16)17-6-18-13(9)20;/h6-8,10-11,14,21-22H,2-5,15H2,1H3,(H2,16,17,18);1H/q+1;/p-1/t8-,10-,11-,14-,24?;/m1./s1. The van der Waals surface area contributed by atoms with Crippen LogP contribution in [0.3, 0.4) is 0 Å². The Morgan fingerprint density at radius 3 is 2.76 bits per heavy atom. The summed E-state index contributed by atoms with van der Waals surface area (Å²) in [5.41, 5.74) is 12.2. The van der Waals surface area contributed by atoms with Crippen molar-refractivity contribution in [1.82, 2.24) is 19.5 Å². The van der Waals surface area contributed by atoms with Gasteiger partial charge < -0.3 is 50.4 Å². The molecule has 0 amide bonds. The number of halogens is 1. The van der Waals surface area contributed by atoms with E-state index in [0.717, 1.165) is 12.2 Å². The van der Waals surface area contributed by atoms with Crippen molar-refractivity contribution in [3.05, 3.63) is 12.7 Å². The van der Waals surface area contributed by atoms with Crippen LogP contribution in [-0.4, -0.2) is 72.4 Å². The molecule has 0 bridgehead atoms. The van der Waals surface area contributed by atoms with E-state index in [9.17, 15) is 10.2 Å². The molecular weight excluding hydrogens is 459 g/mol. The molecule has 0 aromatic carbocycles. The van der Waals surface area contributed by atoms with Crippen LogP contribution in [0.15, 0.2) is 12.7 Å². The number of fused-ring (bicyclic) bond motifs is 1. The van der Waals surface area contributed by atoms with Gasteiger partial charge in [-0.1, -0.05) is 0 Å². The zero-order chi connectivity index (χ0) is 17.3.